The molecule has 1 atom stereocenters. The smallest absolute Gasteiger partial charge is 0.255 e. The number of benzene rings is 2. The van der Waals surface area contributed by atoms with Crippen molar-refractivity contribution in [3.05, 3.63) is 92.6 Å². The van der Waals surface area contributed by atoms with Crippen LogP contribution in [0.2, 0.25) is 5.02 Å². The van der Waals surface area contributed by atoms with Gasteiger partial charge in [-0.2, -0.15) is 0 Å². The van der Waals surface area contributed by atoms with E-state index in [9.17, 15) is 9.59 Å². The van der Waals surface area contributed by atoms with E-state index in [-0.39, 0.29) is 24.4 Å². The summed E-state index contributed by atoms with van der Waals surface area (Å²) in [6.07, 6.45) is 1.61. The van der Waals surface area contributed by atoms with Gasteiger partial charge in [0.25, 0.3) is 5.91 Å². The van der Waals surface area contributed by atoms with E-state index in [0.29, 0.717) is 23.7 Å². The van der Waals surface area contributed by atoms with Gasteiger partial charge in [0, 0.05) is 18.0 Å². The highest BCUT2D eigenvalue weighted by Crippen LogP contribution is 2.37. The quantitative estimate of drug-likeness (QED) is 0.500. The lowest BCUT2D eigenvalue weighted by Crippen LogP contribution is -2.47. The maximum atomic E-state index is 13.5. The lowest BCUT2D eigenvalue weighted by Gasteiger charge is -2.37. The summed E-state index contributed by atoms with van der Waals surface area (Å²) in [4.78, 5) is 31.5. The first-order valence-electron chi connectivity index (χ1n) is 10.5. The van der Waals surface area contributed by atoms with Crippen LogP contribution in [0.25, 0.3) is 0 Å². The fourth-order valence-electron chi connectivity index (χ4n) is 4.16. The number of thiophene rings is 1. The van der Waals surface area contributed by atoms with Gasteiger partial charge in [0.05, 0.1) is 16.6 Å². The van der Waals surface area contributed by atoms with Gasteiger partial charge >= 0.3 is 0 Å². The molecule has 0 spiro atoms. The van der Waals surface area contributed by atoms with E-state index in [1.54, 1.807) is 40.5 Å². The van der Waals surface area contributed by atoms with Crippen LogP contribution in [0.5, 0.6) is 0 Å². The number of halogens is 1. The van der Waals surface area contributed by atoms with Crippen molar-refractivity contribution < 1.29 is 9.59 Å². The summed E-state index contributed by atoms with van der Waals surface area (Å²) in [5.74, 6) is -0.246. The first-order valence-corrected chi connectivity index (χ1v) is 11.8. The predicted octanol–water partition coefficient (Wildman–Crippen LogP) is 5.43. The Hall–Kier alpha value is -2.63. The van der Waals surface area contributed by atoms with Crippen LogP contribution in [0.3, 0.4) is 0 Å². The van der Waals surface area contributed by atoms with Crippen molar-refractivity contribution in [1.29, 1.82) is 0 Å². The summed E-state index contributed by atoms with van der Waals surface area (Å²) < 4.78 is 0. The highest BCUT2D eigenvalue weighted by atomic mass is 35.5. The molecule has 1 aromatic heterocycles. The summed E-state index contributed by atoms with van der Waals surface area (Å²) in [6.45, 7) is 3.19. The van der Waals surface area contributed by atoms with Gasteiger partial charge in [-0.1, -0.05) is 61.0 Å². The molecule has 2 amide bonds. The number of carbonyl (C=O) groups excluding carboxylic acids is 2. The van der Waals surface area contributed by atoms with E-state index in [1.165, 1.54) is 10.4 Å². The van der Waals surface area contributed by atoms with E-state index < -0.39 is 0 Å². The van der Waals surface area contributed by atoms with Gasteiger partial charge in [-0.15, -0.1) is 11.3 Å². The molecular weight excluding hydrogens is 428 g/mol. The minimum absolute atomic E-state index is 0.0421. The third kappa shape index (κ3) is 4.53. The van der Waals surface area contributed by atoms with Crippen molar-refractivity contribution in [2.45, 2.75) is 25.8 Å². The zero-order valence-corrected chi connectivity index (χ0v) is 19.0. The van der Waals surface area contributed by atoms with E-state index in [4.69, 9.17) is 11.6 Å². The van der Waals surface area contributed by atoms with Crippen molar-refractivity contribution >= 4 is 34.8 Å². The number of rotatable bonds is 6. The molecule has 0 fully saturated rings. The second-order valence-electron chi connectivity index (χ2n) is 7.66. The maximum absolute atomic E-state index is 13.5. The average Bonchev–Trinajstić information content (AvgIpc) is 3.27. The zero-order chi connectivity index (χ0) is 21.8. The molecule has 160 valence electrons. The molecule has 3 aromatic rings. The van der Waals surface area contributed by atoms with Crippen LogP contribution in [-0.4, -0.2) is 41.2 Å². The Balaban J connectivity index is 1.61. The number of fused-ring (bicyclic) bond motifs is 1. The van der Waals surface area contributed by atoms with Crippen molar-refractivity contribution in [3.63, 3.8) is 0 Å². The molecule has 0 radical (unpaired) electrons. The van der Waals surface area contributed by atoms with E-state index in [2.05, 4.69) is 23.6 Å². The SMILES string of the molecule is CCCN(CC(=O)N1CCc2sccc2C1c1ccccc1)C(=O)c1ccccc1Cl. The van der Waals surface area contributed by atoms with Crippen molar-refractivity contribution in [3.8, 4) is 0 Å². The molecule has 31 heavy (non-hydrogen) atoms. The molecule has 0 saturated carbocycles. The highest BCUT2D eigenvalue weighted by Gasteiger charge is 2.34. The summed E-state index contributed by atoms with van der Waals surface area (Å²) in [5, 5.41) is 2.50. The van der Waals surface area contributed by atoms with Crippen molar-refractivity contribution in [2.24, 2.45) is 0 Å². The topological polar surface area (TPSA) is 40.6 Å². The van der Waals surface area contributed by atoms with Crippen LogP contribution < -0.4 is 0 Å². The first-order chi connectivity index (χ1) is 15.1. The molecule has 4 rings (SSSR count). The monoisotopic (exact) mass is 452 g/mol. The van der Waals surface area contributed by atoms with Gasteiger partial charge in [0.15, 0.2) is 0 Å². The van der Waals surface area contributed by atoms with Crippen molar-refractivity contribution in [1.82, 2.24) is 9.80 Å². The molecule has 4 nitrogen and oxygen atoms in total. The molecule has 1 aliphatic rings. The van der Waals surface area contributed by atoms with Crippen LogP contribution in [-0.2, 0) is 11.2 Å². The molecule has 1 unspecified atom stereocenters. The van der Waals surface area contributed by atoms with Crippen molar-refractivity contribution in [2.75, 3.05) is 19.6 Å². The van der Waals surface area contributed by atoms with Gasteiger partial charge < -0.3 is 9.80 Å². The van der Waals surface area contributed by atoms with Gasteiger partial charge in [0.2, 0.25) is 5.91 Å². The number of hydrogen-bond donors (Lipinski definition) is 0. The molecule has 0 bridgehead atoms. The average molecular weight is 453 g/mol. The lowest BCUT2D eigenvalue weighted by atomic mass is 9.93. The number of hydrogen-bond acceptors (Lipinski definition) is 3. The standard InChI is InChI=1S/C25H25ClN2O2S/c1-2-14-27(25(30)19-10-6-7-11-21(19)26)17-23(29)28-15-12-22-20(13-16-31-22)24(28)18-8-4-3-5-9-18/h3-11,13,16,24H,2,12,14-15,17H2,1H3. The number of amides is 2. The summed E-state index contributed by atoms with van der Waals surface area (Å²) in [5.41, 5.74) is 2.72. The Morgan fingerprint density at radius 3 is 2.58 bits per heavy atom. The molecule has 2 heterocycles. The van der Waals surface area contributed by atoms with Gasteiger partial charge in [-0.3, -0.25) is 9.59 Å². The second-order valence-corrected chi connectivity index (χ2v) is 9.06. The fraction of sp³-hybridized carbons (Fsp3) is 0.280. The van der Waals surface area contributed by atoms with Gasteiger partial charge in [-0.05, 0) is 47.5 Å². The normalized spacial score (nSPS) is 15.4. The predicted molar refractivity (Wildman–Crippen MR) is 126 cm³/mol. The third-order valence-corrected chi connectivity index (χ3v) is 6.94. The summed E-state index contributed by atoms with van der Waals surface area (Å²) in [6, 6.07) is 19.1. The Kier molecular flexibility index (Phi) is 6.73. The van der Waals surface area contributed by atoms with Crippen LogP contribution in [0.15, 0.2) is 66.0 Å². The highest BCUT2D eigenvalue weighted by molar-refractivity contribution is 7.10. The zero-order valence-electron chi connectivity index (χ0n) is 17.5. The molecule has 0 aliphatic carbocycles. The van der Waals surface area contributed by atoms with Gasteiger partial charge in [0.1, 0.15) is 6.54 Å². The molecule has 1 aliphatic heterocycles. The Morgan fingerprint density at radius 1 is 1.10 bits per heavy atom. The van der Waals surface area contributed by atoms with Crippen LogP contribution in [0.1, 0.15) is 45.7 Å². The number of carbonyl (C=O) groups is 2. The molecular formula is C25H25ClN2O2S. The maximum Gasteiger partial charge on any atom is 0.255 e. The van der Waals surface area contributed by atoms with E-state index in [0.717, 1.165) is 18.4 Å². The largest absolute Gasteiger partial charge is 0.330 e. The minimum atomic E-state index is -0.203. The van der Waals surface area contributed by atoms with Crippen LogP contribution in [0.4, 0.5) is 0 Å². The second kappa shape index (κ2) is 9.67. The third-order valence-electron chi connectivity index (χ3n) is 5.61. The fourth-order valence-corrected chi connectivity index (χ4v) is 5.28. The molecule has 2 aromatic carbocycles. The van der Waals surface area contributed by atoms with E-state index >= 15 is 0 Å². The Labute approximate surface area is 192 Å². The molecule has 6 heteroatoms. The lowest BCUT2D eigenvalue weighted by molar-refractivity contribution is -0.134. The Bertz CT molecular complexity index is 1070. The number of nitrogens with zero attached hydrogens (tertiary/aromatic N) is 2. The summed E-state index contributed by atoms with van der Waals surface area (Å²) in [7, 11) is 0. The summed E-state index contributed by atoms with van der Waals surface area (Å²) >= 11 is 8.00. The van der Waals surface area contributed by atoms with E-state index in [1.807, 2.05) is 30.0 Å². The minimum Gasteiger partial charge on any atom is -0.330 e. The van der Waals surface area contributed by atoms with Gasteiger partial charge in [-0.25, -0.2) is 0 Å². The van der Waals surface area contributed by atoms with Crippen LogP contribution in [0, 0.1) is 0 Å². The molecule has 0 saturated heterocycles. The first kappa shape index (κ1) is 21.6. The van der Waals surface area contributed by atoms with Crippen LogP contribution >= 0.6 is 22.9 Å². The molecule has 0 N–H and O–H groups in total. The Morgan fingerprint density at radius 2 is 1.84 bits per heavy atom.